The molecule has 2 N–H and O–H groups in total. The Balaban J connectivity index is 1.17. The number of imide groups is 1. The number of nitrogens with one attached hydrogen (secondary N) is 2. The van der Waals surface area contributed by atoms with Gasteiger partial charge in [0, 0.05) is 31.1 Å². The van der Waals surface area contributed by atoms with E-state index in [4.69, 9.17) is 0 Å². The lowest BCUT2D eigenvalue weighted by molar-refractivity contribution is -0.133. The highest BCUT2D eigenvalue weighted by molar-refractivity contribution is 6.07. The zero-order valence-corrected chi connectivity index (χ0v) is 18.0. The highest BCUT2D eigenvalue weighted by atomic mass is 16.2. The maximum Gasteiger partial charge on any atom is 0.326 e. The van der Waals surface area contributed by atoms with Crippen molar-refractivity contribution in [2.24, 2.45) is 0 Å². The number of carbonyl (C=O) groups is 3. The van der Waals surface area contributed by atoms with E-state index < -0.39 is 5.54 Å². The molecule has 7 heteroatoms. The van der Waals surface area contributed by atoms with Crippen LogP contribution in [0.15, 0.2) is 54.6 Å². The highest BCUT2D eigenvalue weighted by Gasteiger charge is 2.52. The van der Waals surface area contributed by atoms with E-state index in [-0.39, 0.29) is 23.9 Å². The van der Waals surface area contributed by atoms with E-state index in [9.17, 15) is 14.4 Å². The molecule has 1 atom stereocenters. The first-order chi connectivity index (χ1) is 15.5. The normalized spacial score (nSPS) is 23.8. The molecule has 166 valence electrons. The van der Waals surface area contributed by atoms with Gasteiger partial charge in [-0.15, -0.1) is 0 Å². The minimum atomic E-state index is -0.812. The fourth-order valence-electron chi connectivity index (χ4n) is 5.11. The van der Waals surface area contributed by atoms with Crippen molar-refractivity contribution in [1.29, 1.82) is 0 Å². The van der Waals surface area contributed by atoms with Gasteiger partial charge in [-0.05, 0) is 48.9 Å². The fraction of sp³-hybridized carbons (Fsp3) is 0.400. The Hall–Kier alpha value is -3.19. The summed E-state index contributed by atoms with van der Waals surface area (Å²) >= 11 is 0. The van der Waals surface area contributed by atoms with Crippen LogP contribution in [0.25, 0.3) is 0 Å². The van der Waals surface area contributed by atoms with Crippen molar-refractivity contribution in [3.8, 4) is 0 Å². The minimum absolute atomic E-state index is 0.0577. The Labute approximate surface area is 187 Å². The van der Waals surface area contributed by atoms with Gasteiger partial charge in [0.2, 0.25) is 0 Å². The Morgan fingerprint density at radius 1 is 1.00 bits per heavy atom. The number of hydrogen-bond acceptors (Lipinski definition) is 4. The Morgan fingerprint density at radius 2 is 1.69 bits per heavy atom. The van der Waals surface area contributed by atoms with Crippen LogP contribution in [-0.4, -0.2) is 59.0 Å². The van der Waals surface area contributed by atoms with Gasteiger partial charge in [-0.2, -0.15) is 0 Å². The van der Waals surface area contributed by atoms with Crippen molar-refractivity contribution in [2.75, 3.05) is 19.8 Å². The van der Waals surface area contributed by atoms with Gasteiger partial charge in [-0.25, -0.2) is 9.69 Å². The van der Waals surface area contributed by atoms with E-state index in [1.54, 1.807) is 0 Å². The maximum absolute atomic E-state index is 13.3. The molecule has 2 aromatic carbocycles. The van der Waals surface area contributed by atoms with Gasteiger partial charge in [0.1, 0.15) is 5.54 Å². The number of benzene rings is 2. The average Bonchev–Trinajstić information content (AvgIpc) is 3.04. The second-order valence-electron chi connectivity index (χ2n) is 9.06. The second kappa shape index (κ2) is 8.39. The number of urea groups is 1. The predicted molar refractivity (Wildman–Crippen MR) is 120 cm³/mol. The molecule has 32 heavy (non-hydrogen) atoms. The molecule has 0 radical (unpaired) electrons. The summed E-state index contributed by atoms with van der Waals surface area (Å²) in [5, 5.41) is 6.10. The van der Waals surface area contributed by atoms with Gasteiger partial charge < -0.3 is 10.6 Å². The highest BCUT2D eigenvalue weighted by Crippen LogP contribution is 2.33. The molecular weight excluding hydrogens is 404 g/mol. The van der Waals surface area contributed by atoms with Gasteiger partial charge in [0.15, 0.2) is 0 Å². The third-order valence-corrected chi connectivity index (χ3v) is 6.98. The van der Waals surface area contributed by atoms with Gasteiger partial charge in [0.25, 0.3) is 11.8 Å². The topological polar surface area (TPSA) is 81.8 Å². The van der Waals surface area contributed by atoms with Crippen LogP contribution in [0.3, 0.4) is 0 Å². The summed E-state index contributed by atoms with van der Waals surface area (Å²) in [4.78, 5) is 41.9. The molecule has 2 aliphatic heterocycles. The smallest absolute Gasteiger partial charge is 0.326 e. The number of piperidine rings is 1. The van der Waals surface area contributed by atoms with Crippen LogP contribution in [0.2, 0.25) is 0 Å². The number of hydrogen-bond donors (Lipinski definition) is 2. The van der Waals surface area contributed by atoms with Crippen molar-refractivity contribution in [3.63, 3.8) is 0 Å². The number of fused-ring (bicyclic) bond motifs is 1. The van der Waals surface area contributed by atoms with Crippen molar-refractivity contribution in [3.05, 3.63) is 71.3 Å². The Kier molecular flexibility index (Phi) is 5.43. The number of nitrogens with zero attached hydrogens (tertiary/aromatic N) is 2. The van der Waals surface area contributed by atoms with Gasteiger partial charge in [-0.1, -0.05) is 42.5 Å². The molecule has 5 rings (SSSR count). The molecule has 1 aliphatic carbocycles. The first-order valence-electron chi connectivity index (χ1n) is 11.3. The summed E-state index contributed by atoms with van der Waals surface area (Å²) in [6.07, 6.45) is 3.57. The molecule has 2 fully saturated rings. The van der Waals surface area contributed by atoms with Crippen molar-refractivity contribution in [1.82, 2.24) is 20.4 Å². The summed E-state index contributed by atoms with van der Waals surface area (Å²) in [5.41, 5.74) is 2.25. The van der Waals surface area contributed by atoms with Crippen LogP contribution in [0.4, 0.5) is 4.79 Å². The SMILES string of the molecule is O=C(NC1CCN(CN2C(=O)NC3(CCc4ccccc4C3)C2=O)CC1)c1ccccc1. The van der Waals surface area contributed by atoms with Crippen LogP contribution in [0.5, 0.6) is 0 Å². The number of carbonyl (C=O) groups excluding carboxylic acids is 3. The van der Waals surface area contributed by atoms with Gasteiger partial charge in [0.05, 0.1) is 6.67 Å². The molecule has 0 bridgehead atoms. The molecule has 0 aromatic heterocycles. The summed E-state index contributed by atoms with van der Waals surface area (Å²) in [7, 11) is 0. The molecule has 1 spiro atoms. The molecule has 7 nitrogen and oxygen atoms in total. The van der Waals surface area contributed by atoms with Crippen LogP contribution in [0.1, 0.15) is 40.7 Å². The summed E-state index contributed by atoms with van der Waals surface area (Å²) < 4.78 is 0. The molecule has 2 saturated heterocycles. The van der Waals surface area contributed by atoms with E-state index in [1.807, 2.05) is 48.5 Å². The lowest BCUT2D eigenvalue weighted by Crippen LogP contribution is -2.52. The third kappa shape index (κ3) is 3.88. The third-order valence-electron chi connectivity index (χ3n) is 6.98. The van der Waals surface area contributed by atoms with Crippen molar-refractivity contribution < 1.29 is 14.4 Å². The quantitative estimate of drug-likeness (QED) is 0.727. The fourth-order valence-corrected chi connectivity index (χ4v) is 5.11. The number of amides is 4. The molecule has 3 aliphatic rings. The van der Waals surface area contributed by atoms with Crippen LogP contribution >= 0.6 is 0 Å². The minimum Gasteiger partial charge on any atom is -0.349 e. The van der Waals surface area contributed by atoms with E-state index >= 15 is 0 Å². The lowest BCUT2D eigenvalue weighted by Gasteiger charge is -2.35. The Bertz CT molecular complexity index is 1030. The van der Waals surface area contributed by atoms with Crippen molar-refractivity contribution in [2.45, 2.75) is 43.7 Å². The number of rotatable bonds is 4. The van der Waals surface area contributed by atoms with E-state index in [0.29, 0.717) is 25.1 Å². The van der Waals surface area contributed by atoms with Gasteiger partial charge in [-0.3, -0.25) is 14.5 Å². The first kappa shape index (κ1) is 20.7. The first-order valence-corrected chi connectivity index (χ1v) is 11.3. The van der Waals surface area contributed by atoms with E-state index in [0.717, 1.165) is 37.9 Å². The molecule has 2 heterocycles. The molecule has 1 unspecified atom stereocenters. The van der Waals surface area contributed by atoms with Crippen LogP contribution < -0.4 is 10.6 Å². The largest absolute Gasteiger partial charge is 0.349 e. The second-order valence-corrected chi connectivity index (χ2v) is 9.06. The zero-order valence-electron chi connectivity index (χ0n) is 18.0. The number of likely N-dealkylation sites (tertiary alicyclic amines) is 1. The van der Waals surface area contributed by atoms with Gasteiger partial charge >= 0.3 is 6.03 Å². The standard InChI is InChI=1S/C25H28N4O3/c30-22(19-7-2-1-3-8-19)26-21-11-14-28(15-12-21)17-29-23(31)25(27-24(29)32)13-10-18-6-4-5-9-20(18)16-25/h1-9,21H,10-17H2,(H,26,30)(H,27,32). The van der Waals surface area contributed by atoms with Crippen LogP contribution in [-0.2, 0) is 17.6 Å². The molecular formula is C25H28N4O3. The van der Waals surface area contributed by atoms with Crippen LogP contribution in [0, 0.1) is 0 Å². The van der Waals surface area contributed by atoms with Crippen molar-refractivity contribution >= 4 is 17.8 Å². The Morgan fingerprint density at radius 3 is 2.44 bits per heavy atom. The van der Waals surface area contributed by atoms with E-state index in [1.165, 1.54) is 10.5 Å². The lowest BCUT2D eigenvalue weighted by atomic mass is 9.78. The number of aryl methyl sites for hydroxylation is 1. The molecule has 0 saturated carbocycles. The zero-order chi connectivity index (χ0) is 22.1. The summed E-state index contributed by atoms with van der Waals surface area (Å²) in [6.45, 7) is 1.76. The maximum atomic E-state index is 13.3. The molecule has 2 aromatic rings. The summed E-state index contributed by atoms with van der Waals surface area (Å²) in [5.74, 6) is -0.172. The summed E-state index contributed by atoms with van der Waals surface area (Å²) in [6, 6.07) is 17.2. The average molecular weight is 433 g/mol. The predicted octanol–water partition coefficient (Wildman–Crippen LogP) is 2.32. The monoisotopic (exact) mass is 432 g/mol. The molecule has 4 amide bonds. The van der Waals surface area contributed by atoms with E-state index in [2.05, 4.69) is 21.6 Å².